The average Bonchev–Trinajstić information content (AvgIpc) is 3.76. The number of nitrogens with one attached hydrogen (secondary N) is 2. The van der Waals surface area contributed by atoms with Crippen molar-refractivity contribution >= 4 is 34.0 Å². The van der Waals surface area contributed by atoms with Crippen molar-refractivity contribution in [3.63, 3.8) is 0 Å². The molecule has 6 heterocycles. The molecule has 18 nitrogen and oxygen atoms in total. The van der Waals surface area contributed by atoms with Crippen molar-refractivity contribution in [3.8, 4) is 0 Å². The van der Waals surface area contributed by atoms with Crippen LogP contribution in [0.2, 0.25) is 0 Å². The van der Waals surface area contributed by atoms with Gasteiger partial charge in [0, 0.05) is 13.1 Å². The lowest BCUT2D eigenvalue weighted by Gasteiger charge is -2.16. The van der Waals surface area contributed by atoms with Gasteiger partial charge in [-0.15, -0.1) is 0 Å². The van der Waals surface area contributed by atoms with E-state index in [1.54, 1.807) is 0 Å². The zero-order chi connectivity index (χ0) is 29.4. The van der Waals surface area contributed by atoms with E-state index in [-0.39, 0.29) is 0 Å². The van der Waals surface area contributed by atoms with Gasteiger partial charge in [0.2, 0.25) is 0 Å². The van der Waals surface area contributed by atoms with Gasteiger partial charge in [0.15, 0.2) is 46.4 Å². The van der Waals surface area contributed by atoms with Gasteiger partial charge in [0.25, 0.3) is 0 Å². The second kappa shape index (κ2) is 11.9. The van der Waals surface area contributed by atoms with Crippen LogP contribution in [0.5, 0.6) is 0 Å². The maximum Gasteiger partial charge on any atom is 0.167 e. The Morgan fingerprint density at radius 3 is 1.43 bits per heavy atom. The Labute approximate surface area is 237 Å². The second-order valence-corrected chi connectivity index (χ2v) is 10.1. The van der Waals surface area contributed by atoms with Crippen LogP contribution in [0, 0.1) is 0 Å². The lowest BCUT2D eigenvalue weighted by Crippen LogP contribution is -2.33. The number of ether oxygens (including phenoxy) is 2. The fraction of sp³-hybridized carbons (Fsp3) is 0.583. The van der Waals surface area contributed by atoms with E-state index in [4.69, 9.17) is 9.47 Å². The van der Waals surface area contributed by atoms with E-state index in [0.29, 0.717) is 47.1 Å². The van der Waals surface area contributed by atoms with Crippen molar-refractivity contribution in [1.82, 2.24) is 39.0 Å². The zero-order valence-corrected chi connectivity index (χ0v) is 22.2. The maximum atomic E-state index is 10.4. The highest BCUT2D eigenvalue weighted by atomic mass is 16.6. The monoisotopic (exact) mass is 588 g/mol. The summed E-state index contributed by atoms with van der Waals surface area (Å²) in [6, 6.07) is 0. The smallest absolute Gasteiger partial charge is 0.167 e. The molecule has 8 N–H and O–H groups in total. The highest BCUT2D eigenvalue weighted by Gasteiger charge is 2.45. The Hall–Kier alpha value is -3.62. The summed E-state index contributed by atoms with van der Waals surface area (Å²) in [5.74, 6) is 1.01. The molecule has 2 aliphatic heterocycles. The first-order chi connectivity index (χ1) is 20.4. The highest BCUT2D eigenvalue weighted by molar-refractivity contribution is 5.83. The van der Waals surface area contributed by atoms with Gasteiger partial charge >= 0.3 is 0 Å². The number of imidazole rings is 2. The van der Waals surface area contributed by atoms with Crippen LogP contribution in [0.1, 0.15) is 25.3 Å². The third-order valence-electron chi connectivity index (χ3n) is 7.49. The first-order valence-electron chi connectivity index (χ1n) is 13.5. The molecule has 4 aromatic heterocycles. The van der Waals surface area contributed by atoms with E-state index in [0.717, 1.165) is 12.8 Å². The van der Waals surface area contributed by atoms with Crippen LogP contribution < -0.4 is 10.6 Å². The molecule has 2 aliphatic rings. The van der Waals surface area contributed by atoms with Gasteiger partial charge < -0.3 is 50.7 Å². The number of anilines is 2. The number of aromatic nitrogens is 8. The van der Waals surface area contributed by atoms with E-state index >= 15 is 0 Å². The van der Waals surface area contributed by atoms with Crippen LogP contribution >= 0.6 is 0 Å². The van der Waals surface area contributed by atoms with Gasteiger partial charge in [0.05, 0.1) is 25.9 Å². The third-order valence-corrected chi connectivity index (χ3v) is 7.49. The molecule has 42 heavy (non-hydrogen) atoms. The van der Waals surface area contributed by atoms with E-state index in [9.17, 15) is 30.6 Å². The van der Waals surface area contributed by atoms with Crippen LogP contribution in [-0.2, 0) is 9.47 Å². The van der Waals surface area contributed by atoms with E-state index in [2.05, 4.69) is 40.5 Å². The fourth-order valence-corrected chi connectivity index (χ4v) is 5.22. The van der Waals surface area contributed by atoms with E-state index < -0.39 is 62.3 Å². The number of fused-ring (bicyclic) bond motifs is 2. The molecule has 2 fully saturated rings. The van der Waals surface area contributed by atoms with Gasteiger partial charge in [-0.2, -0.15) is 0 Å². The van der Waals surface area contributed by atoms with Crippen molar-refractivity contribution < 1.29 is 40.1 Å². The maximum absolute atomic E-state index is 10.4. The number of aliphatic hydroxyl groups excluding tert-OH is 6. The number of hydrogen-bond donors (Lipinski definition) is 8. The molecule has 0 aromatic carbocycles. The highest BCUT2D eigenvalue weighted by Crippen LogP contribution is 2.33. The van der Waals surface area contributed by atoms with Crippen molar-refractivity contribution in [2.45, 2.75) is 61.9 Å². The minimum Gasteiger partial charge on any atom is -0.394 e. The number of unbranched alkanes of at least 4 members (excludes halogenated alkanes) is 1. The quantitative estimate of drug-likeness (QED) is 0.0842. The summed E-state index contributed by atoms with van der Waals surface area (Å²) < 4.78 is 14.2. The molecule has 0 bridgehead atoms. The van der Waals surface area contributed by atoms with Crippen molar-refractivity contribution in [2.75, 3.05) is 36.9 Å². The Bertz CT molecular complexity index is 1410. The molecule has 6 rings (SSSR count). The standard InChI is InChI=1S/C24H32N10O8/c35-5-11-15(37)17(39)23(41-11)33-9-31-13-19(27-7-29-21(13)33)25-3-1-2-4-26-20-14-22(30-8-28-20)34(10-32-14)24-18(40)16(38)12(6-36)42-24/h7-12,15-18,23-24,35-40H,1-6H2,(H,25,27,29)(H,26,28,30)/t11-,12-,15+,16+,17+,18+,23-,24-/m0/s1. The van der Waals surface area contributed by atoms with Gasteiger partial charge in [0.1, 0.15) is 49.3 Å². The minimum absolute atomic E-state index is 0.410. The van der Waals surface area contributed by atoms with Gasteiger partial charge in [-0.05, 0) is 12.8 Å². The summed E-state index contributed by atoms with van der Waals surface area (Å²) in [6.07, 6.45) is -1.53. The van der Waals surface area contributed by atoms with Crippen molar-refractivity contribution in [1.29, 1.82) is 0 Å². The number of hydrogen-bond acceptors (Lipinski definition) is 16. The predicted molar refractivity (Wildman–Crippen MR) is 143 cm³/mol. The Kier molecular flexibility index (Phi) is 8.10. The predicted octanol–water partition coefficient (Wildman–Crippen LogP) is -2.51. The molecule has 0 amide bonds. The Morgan fingerprint density at radius 1 is 0.619 bits per heavy atom. The molecular weight excluding hydrogens is 556 g/mol. The SMILES string of the molecule is OC[C@@H]1O[C@H](n2cnc3c(NCCCCNc4ncnc5c4ncn5[C@H]4O[C@@H](CO)[C@@H](O)[C@H]4O)ncnc32)[C@H](O)[C@@H]1O. The molecule has 226 valence electrons. The van der Waals surface area contributed by atoms with Crippen LogP contribution in [0.3, 0.4) is 0 Å². The lowest BCUT2D eigenvalue weighted by atomic mass is 10.1. The molecule has 0 saturated carbocycles. The fourth-order valence-electron chi connectivity index (χ4n) is 5.22. The summed E-state index contributed by atoms with van der Waals surface area (Å²) in [6.45, 7) is 0.292. The lowest BCUT2D eigenvalue weighted by molar-refractivity contribution is -0.0511. The number of rotatable bonds is 11. The number of nitrogens with zero attached hydrogens (tertiary/aromatic N) is 8. The van der Waals surface area contributed by atoms with Crippen LogP contribution in [-0.4, -0.2) is 133 Å². The van der Waals surface area contributed by atoms with E-state index in [1.165, 1.54) is 34.4 Å². The molecule has 0 unspecified atom stereocenters. The largest absolute Gasteiger partial charge is 0.394 e. The van der Waals surface area contributed by atoms with Crippen LogP contribution in [0.25, 0.3) is 22.3 Å². The molecule has 2 saturated heterocycles. The third kappa shape index (κ3) is 5.01. The molecule has 0 radical (unpaired) electrons. The summed E-state index contributed by atoms with van der Waals surface area (Å²) in [5, 5.41) is 66.1. The summed E-state index contributed by atoms with van der Waals surface area (Å²) in [5.41, 5.74) is 1.77. The molecule has 18 heteroatoms. The molecule has 0 spiro atoms. The van der Waals surface area contributed by atoms with Crippen LogP contribution in [0.15, 0.2) is 25.3 Å². The Balaban J connectivity index is 1.03. The molecule has 4 aromatic rings. The van der Waals surface area contributed by atoms with Crippen molar-refractivity contribution in [2.24, 2.45) is 0 Å². The summed E-state index contributed by atoms with van der Waals surface area (Å²) in [4.78, 5) is 25.8. The Morgan fingerprint density at radius 2 is 1.05 bits per heavy atom. The first-order valence-corrected chi connectivity index (χ1v) is 13.5. The molecular formula is C24H32N10O8. The topological polar surface area (TPSA) is 251 Å². The normalized spacial score (nSPS) is 29.6. The molecule has 0 aliphatic carbocycles. The summed E-state index contributed by atoms with van der Waals surface area (Å²) in [7, 11) is 0. The minimum atomic E-state index is -1.25. The number of aliphatic hydroxyl groups is 6. The zero-order valence-electron chi connectivity index (χ0n) is 22.2. The van der Waals surface area contributed by atoms with Crippen LogP contribution in [0.4, 0.5) is 11.6 Å². The van der Waals surface area contributed by atoms with Gasteiger partial charge in [-0.3, -0.25) is 9.13 Å². The second-order valence-electron chi connectivity index (χ2n) is 10.1. The average molecular weight is 589 g/mol. The molecule has 8 atom stereocenters. The van der Waals surface area contributed by atoms with Gasteiger partial charge in [-0.25, -0.2) is 29.9 Å². The van der Waals surface area contributed by atoms with Gasteiger partial charge in [-0.1, -0.05) is 0 Å². The van der Waals surface area contributed by atoms with Crippen molar-refractivity contribution in [3.05, 3.63) is 25.3 Å². The first kappa shape index (κ1) is 28.5. The van der Waals surface area contributed by atoms with E-state index in [1.807, 2.05) is 0 Å². The summed E-state index contributed by atoms with van der Waals surface area (Å²) >= 11 is 0.